The van der Waals surface area contributed by atoms with Gasteiger partial charge < -0.3 is 0 Å². The first-order chi connectivity index (χ1) is 14.7. The zero-order valence-electron chi connectivity index (χ0n) is 22.1. The fourth-order valence-corrected chi connectivity index (χ4v) is 4.89. The average Bonchev–Trinajstić information content (AvgIpc) is 2.74. The fourth-order valence-electron chi connectivity index (χ4n) is 4.89. The molecule has 0 bridgehead atoms. The third-order valence-electron chi connectivity index (χ3n) is 7.24. The van der Waals surface area contributed by atoms with Crippen LogP contribution in [0.5, 0.6) is 0 Å². The second kappa shape index (κ2) is 25.3. The maximum atomic E-state index is 2.50. The van der Waals surface area contributed by atoms with Crippen molar-refractivity contribution in [1.29, 1.82) is 0 Å². The van der Waals surface area contributed by atoms with Crippen molar-refractivity contribution in [2.24, 2.45) is 11.8 Å². The van der Waals surface area contributed by atoms with Crippen molar-refractivity contribution in [2.75, 3.05) is 0 Å². The predicted molar refractivity (Wildman–Crippen MR) is 140 cm³/mol. The van der Waals surface area contributed by atoms with Gasteiger partial charge in [-0.2, -0.15) is 0 Å². The molecule has 0 saturated carbocycles. The van der Waals surface area contributed by atoms with Crippen LogP contribution in [0.4, 0.5) is 0 Å². The molecule has 0 N–H and O–H groups in total. The zero-order valence-corrected chi connectivity index (χ0v) is 22.1. The SMILES string of the molecule is CCCCCCCCCCCCCCC[C@H](C)CCC[C@H](C)CCCCCCCC. The lowest BCUT2D eigenvalue weighted by atomic mass is 9.92. The van der Waals surface area contributed by atoms with Crippen LogP contribution in [-0.2, 0) is 0 Å². The van der Waals surface area contributed by atoms with Crippen molar-refractivity contribution in [2.45, 2.75) is 182 Å². The third kappa shape index (κ3) is 24.3. The Morgan fingerprint density at radius 3 is 0.833 bits per heavy atom. The normalized spacial score (nSPS) is 13.6. The van der Waals surface area contributed by atoms with Gasteiger partial charge in [-0.05, 0) is 11.8 Å². The summed E-state index contributed by atoms with van der Waals surface area (Å²) in [5, 5.41) is 0. The van der Waals surface area contributed by atoms with Gasteiger partial charge in [-0.15, -0.1) is 0 Å². The second-order valence-electron chi connectivity index (χ2n) is 10.7. The van der Waals surface area contributed by atoms with Gasteiger partial charge in [0, 0.05) is 0 Å². The van der Waals surface area contributed by atoms with E-state index in [9.17, 15) is 0 Å². The Balaban J connectivity index is 3.25. The van der Waals surface area contributed by atoms with Crippen LogP contribution in [0.15, 0.2) is 0 Å². The highest BCUT2D eigenvalue weighted by Gasteiger charge is 2.06. The van der Waals surface area contributed by atoms with E-state index < -0.39 is 0 Å². The van der Waals surface area contributed by atoms with Crippen LogP contribution in [0, 0.1) is 11.8 Å². The summed E-state index contributed by atoms with van der Waals surface area (Å²) in [6.45, 7) is 9.60. The Morgan fingerprint density at radius 1 is 0.300 bits per heavy atom. The summed E-state index contributed by atoms with van der Waals surface area (Å²) in [6, 6.07) is 0. The molecule has 0 unspecified atom stereocenters. The molecule has 0 aliphatic rings. The van der Waals surface area contributed by atoms with Gasteiger partial charge in [0.15, 0.2) is 0 Å². The molecule has 0 aromatic carbocycles. The van der Waals surface area contributed by atoms with E-state index in [0.717, 1.165) is 11.8 Å². The molecule has 0 aromatic heterocycles. The molecule has 0 saturated heterocycles. The van der Waals surface area contributed by atoms with Gasteiger partial charge in [-0.3, -0.25) is 0 Å². The minimum atomic E-state index is 0.957. The van der Waals surface area contributed by atoms with Crippen molar-refractivity contribution in [3.8, 4) is 0 Å². The molecule has 182 valence electrons. The van der Waals surface area contributed by atoms with E-state index in [-0.39, 0.29) is 0 Å². The summed E-state index contributed by atoms with van der Waals surface area (Å²) < 4.78 is 0. The van der Waals surface area contributed by atoms with E-state index in [4.69, 9.17) is 0 Å². The van der Waals surface area contributed by atoms with Gasteiger partial charge in [0.05, 0.1) is 0 Å². The monoisotopic (exact) mass is 422 g/mol. The highest BCUT2D eigenvalue weighted by molar-refractivity contribution is 4.59. The summed E-state index contributed by atoms with van der Waals surface area (Å²) >= 11 is 0. The molecule has 0 aromatic rings. The molecular weight excluding hydrogens is 360 g/mol. The van der Waals surface area contributed by atoms with Crippen molar-refractivity contribution < 1.29 is 0 Å². The first-order valence-electron chi connectivity index (χ1n) is 14.7. The highest BCUT2D eigenvalue weighted by atomic mass is 14.1. The van der Waals surface area contributed by atoms with Crippen LogP contribution in [-0.4, -0.2) is 0 Å². The van der Waals surface area contributed by atoms with Gasteiger partial charge in [0.25, 0.3) is 0 Å². The summed E-state index contributed by atoms with van der Waals surface area (Å²) in [5.74, 6) is 1.92. The number of rotatable bonds is 25. The van der Waals surface area contributed by atoms with Crippen molar-refractivity contribution in [3.05, 3.63) is 0 Å². The van der Waals surface area contributed by atoms with Crippen LogP contribution in [0.1, 0.15) is 182 Å². The minimum absolute atomic E-state index is 0.957. The Bertz CT molecular complexity index is 294. The summed E-state index contributed by atoms with van der Waals surface area (Å²) in [6.07, 6.45) is 35.2. The van der Waals surface area contributed by atoms with Crippen LogP contribution in [0.3, 0.4) is 0 Å². The van der Waals surface area contributed by atoms with Crippen LogP contribution < -0.4 is 0 Å². The van der Waals surface area contributed by atoms with Gasteiger partial charge in [-0.25, -0.2) is 0 Å². The van der Waals surface area contributed by atoms with E-state index in [1.54, 1.807) is 0 Å². The molecular formula is C30H62. The third-order valence-corrected chi connectivity index (χ3v) is 7.24. The van der Waals surface area contributed by atoms with E-state index in [2.05, 4.69) is 27.7 Å². The molecule has 0 aliphatic heterocycles. The molecule has 0 heteroatoms. The molecule has 0 rings (SSSR count). The maximum Gasteiger partial charge on any atom is -0.0443 e. The lowest BCUT2D eigenvalue weighted by molar-refractivity contribution is 0.390. The highest BCUT2D eigenvalue weighted by Crippen LogP contribution is 2.22. The van der Waals surface area contributed by atoms with Crippen molar-refractivity contribution in [3.63, 3.8) is 0 Å². The molecule has 0 spiro atoms. The number of hydrogen-bond acceptors (Lipinski definition) is 0. The predicted octanol–water partition coefficient (Wildman–Crippen LogP) is 11.7. The van der Waals surface area contributed by atoms with Crippen LogP contribution in [0.25, 0.3) is 0 Å². The number of hydrogen-bond donors (Lipinski definition) is 0. The van der Waals surface area contributed by atoms with Crippen LogP contribution in [0.2, 0.25) is 0 Å². The summed E-state index contributed by atoms with van der Waals surface area (Å²) in [7, 11) is 0. The first-order valence-corrected chi connectivity index (χ1v) is 14.7. The molecule has 0 heterocycles. The van der Waals surface area contributed by atoms with Crippen molar-refractivity contribution in [1.82, 2.24) is 0 Å². The fraction of sp³-hybridized carbons (Fsp3) is 1.00. The quantitative estimate of drug-likeness (QED) is 0.128. The van der Waals surface area contributed by atoms with Crippen LogP contribution >= 0.6 is 0 Å². The Kier molecular flexibility index (Phi) is 25.3. The molecule has 0 fully saturated rings. The summed E-state index contributed by atoms with van der Waals surface area (Å²) in [4.78, 5) is 0. The molecule has 30 heavy (non-hydrogen) atoms. The molecule has 0 amide bonds. The molecule has 0 radical (unpaired) electrons. The summed E-state index contributed by atoms with van der Waals surface area (Å²) in [5.41, 5.74) is 0. The molecule has 2 atom stereocenters. The zero-order chi connectivity index (χ0) is 22.1. The molecule has 0 aliphatic carbocycles. The molecule has 0 nitrogen and oxygen atoms in total. The van der Waals surface area contributed by atoms with Gasteiger partial charge in [0.2, 0.25) is 0 Å². The van der Waals surface area contributed by atoms with E-state index >= 15 is 0 Å². The van der Waals surface area contributed by atoms with Gasteiger partial charge >= 0.3 is 0 Å². The van der Waals surface area contributed by atoms with Gasteiger partial charge in [-0.1, -0.05) is 182 Å². The van der Waals surface area contributed by atoms with E-state index in [1.165, 1.54) is 154 Å². The van der Waals surface area contributed by atoms with E-state index in [0.29, 0.717) is 0 Å². The largest absolute Gasteiger partial charge is 0.0654 e. The Labute approximate surface area is 193 Å². The van der Waals surface area contributed by atoms with E-state index in [1.807, 2.05) is 0 Å². The smallest absolute Gasteiger partial charge is 0.0443 e. The first kappa shape index (κ1) is 30.0. The van der Waals surface area contributed by atoms with Gasteiger partial charge in [0.1, 0.15) is 0 Å². The minimum Gasteiger partial charge on any atom is -0.0654 e. The average molecular weight is 423 g/mol. The Hall–Kier alpha value is 0. The number of unbranched alkanes of at least 4 members (excludes halogenated alkanes) is 17. The standard InChI is InChI=1S/C30H62/c1-5-7-9-11-13-14-15-16-17-18-19-21-23-26-30(4)28-24-27-29(3)25-22-20-12-10-8-6-2/h29-30H,5-28H2,1-4H3/t29-,30+/m1/s1. The Morgan fingerprint density at radius 2 is 0.533 bits per heavy atom. The topological polar surface area (TPSA) is 0 Å². The second-order valence-corrected chi connectivity index (χ2v) is 10.7. The lowest BCUT2D eigenvalue weighted by Crippen LogP contribution is -1.99. The van der Waals surface area contributed by atoms with Crippen molar-refractivity contribution >= 4 is 0 Å². The lowest BCUT2D eigenvalue weighted by Gasteiger charge is -2.14. The maximum absolute atomic E-state index is 2.50.